The molecule has 2 aromatic rings. The summed E-state index contributed by atoms with van der Waals surface area (Å²) < 4.78 is 10.3. The highest BCUT2D eigenvalue weighted by Crippen LogP contribution is 2.28. The van der Waals surface area contributed by atoms with E-state index < -0.39 is 5.97 Å². The van der Waals surface area contributed by atoms with Crippen molar-refractivity contribution >= 4 is 28.3 Å². The van der Waals surface area contributed by atoms with Gasteiger partial charge in [-0.25, -0.2) is 0 Å². The van der Waals surface area contributed by atoms with E-state index in [1.165, 1.54) is 14.2 Å². The molecule has 1 amide bonds. The summed E-state index contributed by atoms with van der Waals surface area (Å²) in [5.41, 5.74) is 0.380. The molecule has 0 spiro atoms. The fraction of sp³-hybridized carbons (Fsp3) is 0.286. The summed E-state index contributed by atoms with van der Waals surface area (Å²) in [6.45, 7) is 0. The van der Waals surface area contributed by atoms with Gasteiger partial charge in [-0.05, 0) is 18.2 Å². The van der Waals surface area contributed by atoms with Crippen LogP contribution >= 0.6 is 11.3 Å². The SMILES string of the molecule is COc1ccc(C(=O)Nc2nnc(CCC(=O)O)s2)cc1OC. The predicted molar refractivity (Wildman–Crippen MR) is 83.4 cm³/mol. The van der Waals surface area contributed by atoms with Crippen molar-refractivity contribution in [1.29, 1.82) is 0 Å². The number of carboxylic acid groups (broad SMARTS) is 1. The Morgan fingerprint density at radius 1 is 1.22 bits per heavy atom. The predicted octanol–water partition coefficient (Wildman–Crippen LogP) is 1.82. The molecule has 0 saturated heterocycles. The van der Waals surface area contributed by atoms with E-state index in [-0.39, 0.29) is 18.7 Å². The minimum Gasteiger partial charge on any atom is -0.493 e. The molecule has 0 bridgehead atoms. The second-order valence-electron chi connectivity index (χ2n) is 4.42. The normalized spacial score (nSPS) is 10.2. The molecule has 1 aromatic heterocycles. The highest BCUT2D eigenvalue weighted by Gasteiger charge is 2.13. The summed E-state index contributed by atoms with van der Waals surface area (Å²) in [7, 11) is 3.00. The molecule has 8 nitrogen and oxygen atoms in total. The van der Waals surface area contributed by atoms with Crippen molar-refractivity contribution in [3.8, 4) is 11.5 Å². The molecule has 2 rings (SSSR count). The number of aromatic nitrogens is 2. The molecule has 0 atom stereocenters. The number of anilines is 1. The monoisotopic (exact) mass is 337 g/mol. The van der Waals surface area contributed by atoms with E-state index in [0.717, 1.165) is 11.3 Å². The van der Waals surface area contributed by atoms with Crippen molar-refractivity contribution in [2.24, 2.45) is 0 Å². The van der Waals surface area contributed by atoms with Gasteiger partial charge in [-0.3, -0.25) is 14.9 Å². The standard InChI is InChI=1S/C14H15N3O5S/c1-21-9-4-3-8(7-10(9)22-2)13(20)15-14-17-16-11(23-14)5-6-12(18)19/h3-4,7H,5-6H2,1-2H3,(H,18,19)(H,15,17,20). The lowest BCUT2D eigenvalue weighted by Crippen LogP contribution is -2.12. The second kappa shape index (κ2) is 7.54. The summed E-state index contributed by atoms with van der Waals surface area (Å²) in [4.78, 5) is 22.7. The summed E-state index contributed by atoms with van der Waals surface area (Å²) in [5, 5.41) is 19.8. The summed E-state index contributed by atoms with van der Waals surface area (Å²) in [5.74, 6) is -0.307. The third kappa shape index (κ3) is 4.39. The van der Waals surface area contributed by atoms with Gasteiger partial charge in [-0.1, -0.05) is 11.3 Å². The third-order valence-corrected chi connectivity index (χ3v) is 3.78. The van der Waals surface area contributed by atoms with Gasteiger partial charge in [-0.2, -0.15) is 0 Å². The smallest absolute Gasteiger partial charge is 0.303 e. The maximum atomic E-state index is 12.2. The van der Waals surface area contributed by atoms with Gasteiger partial charge in [0, 0.05) is 12.0 Å². The average molecular weight is 337 g/mol. The van der Waals surface area contributed by atoms with E-state index in [4.69, 9.17) is 14.6 Å². The lowest BCUT2D eigenvalue weighted by atomic mass is 10.2. The van der Waals surface area contributed by atoms with E-state index in [1.807, 2.05) is 0 Å². The number of nitrogens with zero attached hydrogens (tertiary/aromatic N) is 2. The first-order chi connectivity index (χ1) is 11.0. The van der Waals surface area contributed by atoms with Gasteiger partial charge >= 0.3 is 5.97 Å². The third-order valence-electron chi connectivity index (χ3n) is 2.89. The van der Waals surface area contributed by atoms with Crippen molar-refractivity contribution in [2.45, 2.75) is 12.8 Å². The zero-order valence-corrected chi connectivity index (χ0v) is 13.3. The molecular weight excluding hydrogens is 322 g/mol. The number of hydrogen-bond acceptors (Lipinski definition) is 7. The van der Waals surface area contributed by atoms with Crippen LogP contribution in [0.25, 0.3) is 0 Å². The van der Waals surface area contributed by atoms with Gasteiger partial charge in [0.15, 0.2) is 11.5 Å². The first-order valence-corrected chi connectivity index (χ1v) is 7.42. The molecule has 0 aliphatic heterocycles. The van der Waals surface area contributed by atoms with E-state index in [2.05, 4.69) is 15.5 Å². The second-order valence-corrected chi connectivity index (χ2v) is 5.48. The number of hydrogen-bond donors (Lipinski definition) is 2. The van der Waals surface area contributed by atoms with Crippen molar-refractivity contribution in [1.82, 2.24) is 10.2 Å². The number of methoxy groups -OCH3 is 2. The lowest BCUT2D eigenvalue weighted by Gasteiger charge is -2.08. The first-order valence-electron chi connectivity index (χ1n) is 6.61. The van der Waals surface area contributed by atoms with Gasteiger partial charge in [0.25, 0.3) is 5.91 Å². The van der Waals surface area contributed by atoms with Crippen LogP contribution in [0.5, 0.6) is 11.5 Å². The van der Waals surface area contributed by atoms with Crippen LogP contribution in [0.4, 0.5) is 5.13 Å². The molecule has 0 aliphatic carbocycles. The molecule has 0 saturated carbocycles. The molecule has 2 N–H and O–H groups in total. The van der Waals surface area contributed by atoms with Crippen LogP contribution in [-0.2, 0) is 11.2 Å². The van der Waals surface area contributed by atoms with E-state index in [1.54, 1.807) is 18.2 Å². The van der Waals surface area contributed by atoms with Crippen LogP contribution in [0.3, 0.4) is 0 Å². The molecule has 9 heteroatoms. The summed E-state index contributed by atoms with van der Waals surface area (Å²) in [6, 6.07) is 4.79. The lowest BCUT2D eigenvalue weighted by molar-refractivity contribution is -0.136. The molecule has 1 aromatic carbocycles. The molecule has 0 unspecified atom stereocenters. The van der Waals surface area contributed by atoms with Crippen LogP contribution in [0.15, 0.2) is 18.2 Å². The Morgan fingerprint density at radius 3 is 2.61 bits per heavy atom. The minimum atomic E-state index is -0.906. The number of amides is 1. The average Bonchev–Trinajstić information content (AvgIpc) is 2.99. The Kier molecular flexibility index (Phi) is 5.47. The summed E-state index contributed by atoms with van der Waals surface area (Å²) in [6.07, 6.45) is 0.248. The Bertz CT molecular complexity index is 716. The number of rotatable bonds is 7. The van der Waals surface area contributed by atoms with Crippen molar-refractivity contribution in [2.75, 3.05) is 19.5 Å². The van der Waals surface area contributed by atoms with Gasteiger partial charge in [0.05, 0.1) is 20.6 Å². The largest absolute Gasteiger partial charge is 0.493 e. The maximum absolute atomic E-state index is 12.2. The van der Waals surface area contributed by atoms with E-state index in [0.29, 0.717) is 27.2 Å². The van der Waals surface area contributed by atoms with Gasteiger partial charge in [0.1, 0.15) is 5.01 Å². The van der Waals surface area contributed by atoms with E-state index >= 15 is 0 Å². The number of carbonyl (C=O) groups excluding carboxylic acids is 1. The molecule has 23 heavy (non-hydrogen) atoms. The molecule has 0 aliphatic rings. The number of aliphatic carboxylic acids is 1. The fourth-order valence-corrected chi connectivity index (χ4v) is 2.50. The van der Waals surface area contributed by atoms with E-state index in [9.17, 15) is 9.59 Å². The zero-order valence-electron chi connectivity index (χ0n) is 12.5. The van der Waals surface area contributed by atoms with Crippen LogP contribution < -0.4 is 14.8 Å². The molecule has 1 heterocycles. The Labute approximate surface area is 136 Å². The molecule has 0 fully saturated rings. The maximum Gasteiger partial charge on any atom is 0.303 e. The van der Waals surface area contributed by atoms with Crippen molar-refractivity contribution in [3.63, 3.8) is 0 Å². The number of nitrogens with one attached hydrogen (secondary N) is 1. The first kappa shape index (κ1) is 16.7. The highest BCUT2D eigenvalue weighted by molar-refractivity contribution is 7.15. The van der Waals surface area contributed by atoms with Gasteiger partial charge in [-0.15, -0.1) is 10.2 Å². The van der Waals surface area contributed by atoms with Gasteiger partial charge in [0.2, 0.25) is 5.13 Å². The van der Waals surface area contributed by atoms with Crippen molar-refractivity contribution in [3.05, 3.63) is 28.8 Å². The fourth-order valence-electron chi connectivity index (χ4n) is 1.77. The zero-order chi connectivity index (χ0) is 16.8. The molecule has 122 valence electrons. The van der Waals surface area contributed by atoms with Gasteiger partial charge < -0.3 is 14.6 Å². The van der Waals surface area contributed by atoms with Crippen LogP contribution in [-0.4, -0.2) is 41.4 Å². The number of ether oxygens (including phenoxy) is 2. The molecular formula is C14H15N3O5S. The molecule has 0 radical (unpaired) electrons. The number of carboxylic acids is 1. The van der Waals surface area contributed by atoms with Crippen LogP contribution in [0, 0.1) is 0 Å². The number of aryl methyl sites for hydroxylation is 1. The van der Waals surface area contributed by atoms with Crippen LogP contribution in [0.1, 0.15) is 21.8 Å². The Morgan fingerprint density at radius 2 is 1.96 bits per heavy atom. The van der Waals surface area contributed by atoms with Crippen molar-refractivity contribution < 1.29 is 24.2 Å². The topological polar surface area (TPSA) is 111 Å². The number of carbonyl (C=O) groups is 2. The highest BCUT2D eigenvalue weighted by atomic mass is 32.1. The number of benzene rings is 1. The summed E-state index contributed by atoms with van der Waals surface area (Å²) >= 11 is 1.14. The Balaban J connectivity index is 2.05. The van der Waals surface area contributed by atoms with Crippen LogP contribution in [0.2, 0.25) is 0 Å². The Hall–Kier alpha value is -2.68. The quantitative estimate of drug-likeness (QED) is 0.793. The minimum absolute atomic E-state index is 0.0295.